The Balaban J connectivity index is 2.36. The average molecular weight is 282 g/mol. The number of rotatable bonds is 12. The molecule has 0 fully saturated rings. The van der Waals surface area contributed by atoms with Crippen molar-refractivity contribution < 1.29 is 4.42 Å². The van der Waals surface area contributed by atoms with Gasteiger partial charge in [0.05, 0.1) is 0 Å². The predicted octanol–water partition coefficient (Wildman–Crippen LogP) is 4.78. The molecule has 20 heavy (non-hydrogen) atoms. The minimum Gasteiger partial charge on any atom is -0.392 e. The van der Waals surface area contributed by atoms with Crippen molar-refractivity contribution in [2.45, 2.75) is 90.4 Å². The molecule has 1 atom stereocenters. The molecule has 1 unspecified atom stereocenters. The van der Waals surface area contributed by atoms with Gasteiger partial charge in [-0.25, -0.2) is 9.89 Å². The summed E-state index contributed by atoms with van der Waals surface area (Å²) in [6.07, 6.45) is 13.5. The molecular weight excluding hydrogens is 252 g/mol. The molecule has 0 radical (unpaired) electrons. The highest BCUT2D eigenvalue weighted by molar-refractivity contribution is 4.88. The maximum Gasteiger partial charge on any atom is 0.434 e. The van der Waals surface area contributed by atoms with Crippen LogP contribution in [-0.2, 0) is 0 Å². The second-order valence-electron chi connectivity index (χ2n) is 5.70. The highest BCUT2D eigenvalue weighted by atomic mass is 16.4. The Labute approximate surface area is 122 Å². The number of aromatic amines is 1. The number of nitrogens with zero attached hydrogens (tertiary/aromatic N) is 1. The van der Waals surface area contributed by atoms with Gasteiger partial charge in [-0.3, -0.25) is 0 Å². The molecule has 0 saturated heterocycles. The summed E-state index contributed by atoms with van der Waals surface area (Å²) in [6, 6.07) is 0. The molecule has 0 aliphatic carbocycles. The Hall–Kier alpha value is -1.06. The minimum atomic E-state index is -0.426. The molecule has 0 aliphatic heterocycles. The van der Waals surface area contributed by atoms with Crippen LogP contribution in [0.3, 0.4) is 0 Å². The average Bonchev–Trinajstić information content (AvgIpc) is 2.87. The summed E-state index contributed by atoms with van der Waals surface area (Å²) in [5, 5.41) is 6.42. The topological polar surface area (TPSA) is 58.9 Å². The summed E-state index contributed by atoms with van der Waals surface area (Å²) in [5.74, 6) is 0.499. The molecule has 1 heterocycles. The monoisotopic (exact) mass is 282 g/mol. The van der Waals surface area contributed by atoms with Gasteiger partial charge in [-0.1, -0.05) is 71.6 Å². The Bertz CT molecular complexity index is 384. The van der Waals surface area contributed by atoms with Crippen LogP contribution in [0.2, 0.25) is 0 Å². The van der Waals surface area contributed by atoms with E-state index in [0.717, 1.165) is 12.8 Å². The molecule has 1 aromatic heterocycles. The fourth-order valence-corrected chi connectivity index (χ4v) is 2.62. The van der Waals surface area contributed by atoms with E-state index < -0.39 is 5.76 Å². The molecule has 1 rings (SSSR count). The lowest BCUT2D eigenvalue weighted by atomic mass is 9.94. The van der Waals surface area contributed by atoms with Gasteiger partial charge in [0.25, 0.3) is 0 Å². The van der Waals surface area contributed by atoms with Gasteiger partial charge < -0.3 is 4.42 Å². The predicted molar refractivity (Wildman–Crippen MR) is 82.0 cm³/mol. The highest BCUT2D eigenvalue weighted by Crippen LogP contribution is 2.26. The number of nitrogens with one attached hydrogen (secondary N) is 1. The molecule has 4 heteroatoms. The molecule has 0 amide bonds. The molecule has 0 spiro atoms. The fourth-order valence-electron chi connectivity index (χ4n) is 2.62. The summed E-state index contributed by atoms with van der Waals surface area (Å²) >= 11 is 0. The zero-order chi connectivity index (χ0) is 14.6. The van der Waals surface area contributed by atoms with Gasteiger partial charge in [-0.05, 0) is 12.8 Å². The Morgan fingerprint density at radius 1 is 0.950 bits per heavy atom. The van der Waals surface area contributed by atoms with Crippen LogP contribution < -0.4 is 5.76 Å². The second-order valence-corrected chi connectivity index (χ2v) is 5.70. The molecule has 0 bridgehead atoms. The van der Waals surface area contributed by atoms with E-state index in [1.807, 2.05) is 0 Å². The van der Waals surface area contributed by atoms with Crippen molar-refractivity contribution in [2.24, 2.45) is 0 Å². The van der Waals surface area contributed by atoms with Crippen molar-refractivity contribution in [1.29, 1.82) is 0 Å². The molecule has 0 aliphatic rings. The number of unbranched alkanes of at least 4 members (excludes halogenated alkanes) is 7. The van der Waals surface area contributed by atoms with E-state index >= 15 is 0 Å². The van der Waals surface area contributed by atoms with E-state index in [-0.39, 0.29) is 0 Å². The number of hydrogen-bond donors (Lipinski definition) is 1. The Morgan fingerprint density at radius 2 is 1.50 bits per heavy atom. The van der Waals surface area contributed by atoms with E-state index in [1.54, 1.807) is 0 Å². The van der Waals surface area contributed by atoms with Crippen molar-refractivity contribution in [3.05, 3.63) is 16.4 Å². The molecule has 1 N–H and O–H groups in total. The number of H-pyrrole nitrogens is 1. The van der Waals surface area contributed by atoms with Crippen molar-refractivity contribution in [2.75, 3.05) is 0 Å². The Morgan fingerprint density at radius 3 is 2.00 bits per heavy atom. The van der Waals surface area contributed by atoms with Gasteiger partial charge in [0, 0.05) is 5.92 Å². The van der Waals surface area contributed by atoms with Gasteiger partial charge in [0.1, 0.15) is 0 Å². The lowest BCUT2D eigenvalue weighted by Crippen LogP contribution is -2.01. The van der Waals surface area contributed by atoms with Gasteiger partial charge in [-0.2, -0.15) is 0 Å². The van der Waals surface area contributed by atoms with Crippen LogP contribution in [-0.4, -0.2) is 10.2 Å². The third kappa shape index (κ3) is 6.92. The molecule has 0 aromatic carbocycles. The summed E-state index contributed by atoms with van der Waals surface area (Å²) in [5.41, 5.74) is 0. The maximum absolute atomic E-state index is 11.1. The van der Waals surface area contributed by atoms with Crippen LogP contribution in [0.1, 0.15) is 96.3 Å². The zero-order valence-electron chi connectivity index (χ0n) is 13.1. The zero-order valence-corrected chi connectivity index (χ0v) is 13.1. The summed E-state index contributed by atoms with van der Waals surface area (Å²) < 4.78 is 5.16. The second kappa shape index (κ2) is 10.7. The maximum atomic E-state index is 11.1. The van der Waals surface area contributed by atoms with Crippen LogP contribution in [0.5, 0.6) is 0 Å². The molecule has 116 valence electrons. The van der Waals surface area contributed by atoms with E-state index in [4.69, 9.17) is 4.42 Å². The molecule has 4 nitrogen and oxygen atoms in total. The van der Waals surface area contributed by atoms with Gasteiger partial charge >= 0.3 is 5.76 Å². The molecule has 0 saturated carbocycles. The first-order valence-corrected chi connectivity index (χ1v) is 8.33. The molecule has 1 aromatic rings. The Kier molecular flexibility index (Phi) is 9.09. The standard InChI is InChI=1S/C16H30N2O2/c1-3-5-7-9-11-13-14(12-10-8-6-4-2)15-17-18-16(19)20-15/h14H,3-13H2,1-2H3,(H,18,19). The first kappa shape index (κ1) is 17.0. The summed E-state index contributed by atoms with van der Waals surface area (Å²) in [7, 11) is 0. The summed E-state index contributed by atoms with van der Waals surface area (Å²) in [6.45, 7) is 4.45. The largest absolute Gasteiger partial charge is 0.434 e. The quantitative estimate of drug-likeness (QED) is 0.561. The van der Waals surface area contributed by atoms with Crippen LogP contribution in [0, 0.1) is 0 Å². The first-order chi connectivity index (χ1) is 9.77. The van der Waals surface area contributed by atoms with Gasteiger partial charge in [-0.15, -0.1) is 5.10 Å². The third-order valence-corrected chi connectivity index (χ3v) is 3.87. The van der Waals surface area contributed by atoms with Crippen LogP contribution in [0.25, 0.3) is 0 Å². The van der Waals surface area contributed by atoms with Crippen LogP contribution >= 0.6 is 0 Å². The van der Waals surface area contributed by atoms with Crippen LogP contribution in [0.4, 0.5) is 0 Å². The van der Waals surface area contributed by atoms with Crippen molar-refractivity contribution in [1.82, 2.24) is 10.2 Å². The first-order valence-electron chi connectivity index (χ1n) is 8.33. The normalized spacial score (nSPS) is 12.7. The van der Waals surface area contributed by atoms with E-state index in [2.05, 4.69) is 24.0 Å². The fraction of sp³-hybridized carbons (Fsp3) is 0.875. The van der Waals surface area contributed by atoms with E-state index in [0.29, 0.717) is 11.8 Å². The minimum absolute atomic E-state index is 0.312. The summed E-state index contributed by atoms with van der Waals surface area (Å²) in [4.78, 5) is 11.1. The van der Waals surface area contributed by atoms with E-state index in [1.165, 1.54) is 57.8 Å². The SMILES string of the molecule is CCCCCCCC(CCCCCC)c1n[nH]c(=O)o1. The van der Waals surface area contributed by atoms with Crippen molar-refractivity contribution >= 4 is 0 Å². The van der Waals surface area contributed by atoms with Gasteiger partial charge in [0.2, 0.25) is 5.89 Å². The number of hydrogen-bond acceptors (Lipinski definition) is 3. The molecular formula is C16H30N2O2. The smallest absolute Gasteiger partial charge is 0.392 e. The number of aromatic nitrogens is 2. The van der Waals surface area contributed by atoms with Crippen molar-refractivity contribution in [3.63, 3.8) is 0 Å². The lowest BCUT2D eigenvalue weighted by molar-refractivity contribution is 0.380. The van der Waals surface area contributed by atoms with E-state index in [9.17, 15) is 4.79 Å². The highest BCUT2D eigenvalue weighted by Gasteiger charge is 2.16. The van der Waals surface area contributed by atoms with Crippen LogP contribution in [0.15, 0.2) is 9.21 Å². The van der Waals surface area contributed by atoms with Crippen molar-refractivity contribution in [3.8, 4) is 0 Å². The third-order valence-electron chi connectivity index (χ3n) is 3.87. The lowest BCUT2D eigenvalue weighted by Gasteiger charge is -2.12. The van der Waals surface area contributed by atoms with Gasteiger partial charge in [0.15, 0.2) is 0 Å².